The van der Waals surface area contributed by atoms with Crippen LogP contribution < -0.4 is 5.73 Å². The molecule has 18 heavy (non-hydrogen) atoms. The monoisotopic (exact) mass is 276 g/mol. The molecule has 0 amide bonds. The van der Waals surface area contributed by atoms with Crippen molar-refractivity contribution in [3.05, 3.63) is 44.3 Å². The Bertz CT molecular complexity index is 532. The highest BCUT2D eigenvalue weighted by atomic mass is 32.1. The van der Waals surface area contributed by atoms with Crippen molar-refractivity contribution in [1.29, 1.82) is 0 Å². The Morgan fingerprint density at radius 2 is 2.17 bits per heavy atom. The molecule has 0 saturated carbocycles. The second-order valence-electron chi connectivity index (χ2n) is 4.08. The third-order valence-electron chi connectivity index (χ3n) is 2.43. The molecule has 0 aliphatic rings. The van der Waals surface area contributed by atoms with E-state index in [-0.39, 0.29) is 0 Å². The summed E-state index contributed by atoms with van der Waals surface area (Å²) in [4.78, 5) is 4.75. The molecule has 0 radical (unpaired) electrons. The van der Waals surface area contributed by atoms with Gasteiger partial charge in [0.2, 0.25) is 0 Å². The highest BCUT2D eigenvalue weighted by molar-refractivity contribution is 7.12. The largest absolute Gasteiger partial charge is 0.320 e. The van der Waals surface area contributed by atoms with Crippen molar-refractivity contribution >= 4 is 22.7 Å². The first kappa shape index (κ1) is 13.3. The van der Waals surface area contributed by atoms with Gasteiger partial charge in [0.25, 0.3) is 0 Å². The average molecular weight is 276 g/mol. The summed E-state index contributed by atoms with van der Waals surface area (Å²) in [5, 5.41) is 4.32. The van der Waals surface area contributed by atoms with Crippen LogP contribution in [0.1, 0.15) is 15.3 Å². The zero-order valence-electron chi connectivity index (χ0n) is 10.3. The molecule has 0 atom stereocenters. The van der Waals surface area contributed by atoms with E-state index in [9.17, 15) is 0 Å². The Labute approximate surface area is 116 Å². The van der Waals surface area contributed by atoms with Gasteiger partial charge in [0.05, 0.1) is 11.4 Å². The van der Waals surface area contributed by atoms with E-state index in [1.807, 2.05) is 0 Å². The summed E-state index contributed by atoms with van der Waals surface area (Å²) < 4.78 is 0. The molecule has 0 unspecified atom stereocenters. The van der Waals surface area contributed by atoms with E-state index in [4.69, 9.17) is 5.73 Å². The topological polar surface area (TPSA) is 29.3 Å². The molecule has 0 aliphatic heterocycles. The lowest BCUT2D eigenvalue weighted by Gasteiger charge is -2.14. The van der Waals surface area contributed by atoms with Gasteiger partial charge < -0.3 is 5.73 Å². The number of nitrogens with zero attached hydrogens (tertiary/aromatic N) is 1. The maximum Gasteiger partial charge on any atom is 0.0772 e. The molecule has 2 nitrogen and oxygen atoms in total. The first-order chi connectivity index (χ1) is 8.78. The summed E-state index contributed by atoms with van der Waals surface area (Å²) in [5.74, 6) is 5.95. The molecule has 2 N–H and O–H groups in total. The highest BCUT2D eigenvalue weighted by Crippen LogP contribution is 2.18. The van der Waals surface area contributed by atoms with E-state index in [1.54, 1.807) is 22.7 Å². The summed E-state index contributed by atoms with van der Waals surface area (Å²) in [7, 11) is 2.14. The minimum atomic E-state index is 0.422. The molecule has 2 aromatic rings. The molecule has 2 rings (SSSR count). The maximum absolute atomic E-state index is 5.36. The molecule has 0 aromatic carbocycles. The third-order valence-corrected chi connectivity index (χ3v) is 4.15. The molecular weight excluding hydrogens is 260 g/mol. The van der Waals surface area contributed by atoms with E-state index >= 15 is 0 Å². The van der Waals surface area contributed by atoms with Crippen LogP contribution in [0.4, 0.5) is 0 Å². The van der Waals surface area contributed by atoms with Crippen LogP contribution in [0.3, 0.4) is 0 Å². The molecule has 94 valence electrons. The van der Waals surface area contributed by atoms with E-state index in [2.05, 4.69) is 52.7 Å². The van der Waals surface area contributed by atoms with Gasteiger partial charge in [-0.15, -0.1) is 11.3 Å². The lowest BCUT2D eigenvalue weighted by molar-refractivity contribution is 0.322. The smallest absolute Gasteiger partial charge is 0.0772 e. The average Bonchev–Trinajstić information content (AvgIpc) is 2.98. The van der Waals surface area contributed by atoms with Crippen molar-refractivity contribution in [3.63, 3.8) is 0 Å². The first-order valence-corrected chi connectivity index (χ1v) is 7.51. The molecular formula is C14H16N2S2. The summed E-state index contributed by atoms with van der Waals surface area (Å²) in [5.41, 5.74) is 6.74. The van der Waals surface area contributed by atoms with Gasteiger partial charge in [-0.3, -0.25) is 4.90 Å². The molecule has 0 bridgehead atoms. The number of nitrogens with two attached hydrogens (primary N) is 1. The molecule has 0 aliphatic carbocycles. The molecule has 0 fully saturated rings. The summed E-state index contributed by atoms with van der Waals surface area (Å²) >= 11 is 3.49. The SMILES string of the molecule is CN(Cc1ccsc1)Cc1ccc(C#CCN)s1. The Morgan fingerprint density at radius 1 is 1.28 bits per heavy atom. The first-order valence-electron chi connectivity index (χ1n) is 5.75. The van der Waals surface area contributed by atoms with Gasteiger partial charge in [-0.05, 0) is 41.6 Å². The van der Waals surface area contributed by atoms with Gasteiger partial charge in [-0.1, -0.05) is 11.8 Å². The fourth-order valence-corrected chi connectivity index (χ4v) is 3.31. The molecule has 2 heterocycles. The van der Waals surface area contributed by atoms with Crippen LogP contribution in [0, 0.1) is 11.8 Å². The van der Waals surface area contributed by atoms with E-state index in [1.165, 1.54) is 10.4 Å². The van der Waals surface area contributed by atoms with Gasteiger partial charge in [0.1, 0.15) is 0 Å². The number of hydrogen-bond acceptors (Lipinski definition) is 4. The van der Waals surface area contributed by atoms with E-state index in [0.717, 1.165) is 18.0 Å². The Kier molecular flexibility index (Phi) is 4.97. The van der Waals surface area contributed by atoms with Gasteiger partial charge in [0.15, 0.2) is 0 Å². The number of rotatable bonds is 4. The second kappa shape index (κ2) is 6.72. The maximum atomic E-state index is 5.36. The lowest BCUT2D eigenvalue weighted by atomic mass is 10.3. The van der Waals surface area contributed by atoms with Crippen LogP contribution in [-0.4, -0.2) is 18.5 Å². The fourth-order valence-electron chi connectivity index (χ4n) is 1.68. The van der Waals surface area contributed by atoms with Gasteiger partial charge in [0, 0.05) is 18.0 Å². The van der Waals surface area contributed by atoms with Crippen LogP contribution in [0.25, 0.3) is 0 Å². The number of hydrogen-bond donors (Lipinski definition) is 1. The Balaban J connectivity index is 1.90. The Hall–Kier alpha value is -1.12. The Morgan fingerprint density at radius 3 is 2.89 bits per heavy atom. The fraction of sp³-hybridized carbons (Fsp3) is 0.286. The zero-order chi connectivity index (χ0) is 12.8. The van der Waals surface area contributed by atoms with Crippen molar-refractivity contribution in [2.45, 2.75) is 13.1 Å². The summed E-state index contributed by atoms with van der Waals surface area (Å²) in [6.45, 7) is 2.38. The normalized spacial score (nSPS) is 10.4. The standard InChI is InChI=1S/C14H16N2S2/c1-16(9-12-6-8-17-11-12)10-14-5-4-13(18-14)3-2-7-15/h4-6,8,11H,7,9-10,15H2,1H3. The number of thiophene rings is 2. The van der Waals surface area contributed by atoms with Gasteiger partial charge in [-0.2, -0.15) is 11.3 Å². The van der Waals surface area contributed by atoms with Crippen LogP contribution >= 0.6 is 22.7 Å². The summed E-state index contributed by atoms with van der Waals surface area (Å²) in [6.07, 6.45) is 0. The van der Waals surface area contributed by atoms with E-state index < -0.39 is 0 Å². The molecule has 0 saturated heterocycles. The van der Waals surface area contributed by atoms with Crippen LogP contribution in [0.15, 0.2) is 29.0 Å². The van der Waals surface area contributed by atoms with Crippen molar-refractivity contribution in [2.75, 3.05) is 13.6 Å². The van der Waals surface area contributed by atoms with Gasteiger partial charge in [-0.25, -0.2) is 0 Å². The van der Waals surface area contributed by atoms with E-state index in [0.29, 0.717) is 6.54 Å². The second-order valence-corrected chi connectivity index (χ2v) is 6.02. The predicted octanol–water partition coefficient (Wildman–Crippen LogP) is 2.75. The van der Waals surface area contributed by atoms with Crippen molar-refractivity contribution in [1.82, 2.24) is 4.90 Å². The minimum Gasteiger partial charge on any atom is -0.320 e. The van der Waals surface area contributed by atoms with Crippen molar-refractivity contribution < 1.29 is 0 Å². The highest BCUT2D eigenvalue weighted by Gasteiger charge is 2.04. The minimum absolute atomic E-state index is 0.422. The quantitative estimate of drug-likeness (QED) is 0.870. The van der Waals surface area contributed by atoms with Crippen molar-refractivity contribution in [2.24, 2.45) is 5.73 Å². The van der Waals surface area contributed by atoms with Crippen LogP contribution in [-0.2, 0) is 13.1 Å². The van der Waals surface area contributed by atoms with Gasteiger partial charge >= 0.3 is 0 Å². The zero-order valence-corrected chi connectivity index (χ0v) is 12.0. The van der Waals surface area contributed by atoms with Crippen LogP contribution in [0.5, 0.6) is 0 Å². The third kappa shape index (κ3) is 3.97. The van der Waals surface area contributed by atoms with Crippen molar-refractivity contribution in [3.8, 4) is 11.8 Å². The molecule has 0 spiro atoms. The lowest BCUT2D eigenvalue weighted by Crippen LogP contribution is -2.15. The van der Waals surface area contributed by atoms with Crippen LogP contribution in [0.2, 0.25) is 0 Å². The summed E-state index contributed by atoms with van der Waals surface area (Å²) in [6, 6.07) is 6.39. The molecule has 4 heteroatoms. The molecule has 2 aromatic heterocycles. The predicted molar refractivity (Wildman–Crippen MR) is 79.7 cm³/mol.